The molecule has 0 aromatic carbocycles. The number of hydrogen-bond donors (Lipinski definition) is 2. The third-order valence-electron chi connectivity index (χ3n) is 2.98. The van der Waals surface area contributed by atoms with Crippen molar-refractivity contribution in [3.05, 3.63) is 39.8 Å². The molecule has 0 spiro atoms. The molecule has 0 atom stereocenters. The summed E-state index contributed by atoms with van der Waals surface area (Å²) >= 11 is 1.40. The van der Waals surface area contributed by atoms with Crippen LogP contribution in [-0.2, 0) is 19.6 Å². The molecule has 0 radical (unpaired) electrons. The Labute approximate surface area is 118 Å². The maximum absolute atomic E-state index is 11.8. The molecule has 0 amide bonds. The molecule has 0 aliphatic rings. The van der Waals surface area contributed by atoms with Crippen molar-refractivity contribution in [2.75, 3.05) is 0 Å². The first kappa shape index (κ1) is 12.9. The second kappa shape index (κ2) is 5.51. The van der Waals surface area contributed by atoms with Gasteiger partial charge in [0.1, 0.15) is 22.7 Å². The van der Waals surface area contributed by atoms with Crippen LogP contribution < -0.4 is 10.9 Å². The van der Waals surface area contributed by atoms with Crippen LogP contribution >= 0.6 is 11.3 Å². The van der Waals surface area contributed by atoms with Gasteiger partial charge in [-0.2, -0.15) is 0 Å². The Balaban J connectivity index is 1.69. The van der Waals surface area contributed by atoms with Crippen molar-refractivity contribution in [2.45, 2.75) is 26.6 Å². The Morgan fingerprint density at radius 2 is 2.35 bits per heavy atom. The summed E-state index contributed by atoms with van der Waals surface area (Å²) in [5, 5.41) is 13.0. The average molecular weight is 290 g/mol. The molecule has 3 aromatic rings. The second-order valence-electron chi connectivity index (χ2n) is 4.28. The van der Waals surface area contributed by atoms with Crippen LogP contribution in [0.25, 0.3) is 10.2 Å². The zero-order valence-electron chi connectivity index (χ0n) is 11.0. The van der Waals surface area contributed by atoms with Crippen molar-refractivity contribution in [3.8, 4) is 0 Å². The molecule has 7 nitrogen and oxygen atoms in total. The average Bonchev–Trinajstić information content (AvgIpc) is 3.07. The predicted octanol–water partition coefficient (Wildman–Crippen LogP) is 0.886. The van der Waals surface area contributed by atoms with Gasteiger partial charge in [0.2, 0.25) is 0 Å². The lowest BCUT2D eigenvalue weighted by Gasteiger charge is -2.05. The molecule has 0 saturated carbocycles. The van der Waals surface area contributed by atoms with Gasteiger partial charge in [0.15, 0.2) is 0 Å². The fraction of sp³-hybridized carbons (Fsp3) is 0.333. The van der Waals surface area contributed by atoms with E-state index in [0.29, 0.717) is 23.6 Å². The molecule has 8 heteroatoms. The van der Waals surface area contributed by atoms with E-state index in [2.05, 4.69) is 25.5 Å². The van der Waals surface area contributed by atoms with Gasteiger partial charge in [-0.1, -0.05) is 0 Å². The van der Waals surface area contributed by atoms with E-state index in [1.54, 1.807) is 6.33 Å². The summed E-state index contributed by atoms with van der Waals surface area (Å²) in [6.07, 6.45) is 1.70. The van der Waals surface area contributed by atoms with Crippen LogP contribution in [0.3, 0.4) is 0 Å². The van der Waals surface area contributed by atoms with Crippen LogP contribution in [0.15, 0.2) is 22.6 Å². The third kappa shape index (κ3) is 2.47. The Kier molecular flexibility index (Phi) is 3.57. The van der Waals surface area contributed by atoms with Crippen molar-refractivity contribution in [3.63, 3.8) is 0 Å². The van der Waals surface area contributed by atoms with E-state index in [0.717, 1.165) is 17.9 Å². The number of nitrogens with zero attached hydrogens (tertiary/aromatic N) is 4. The molecule has 0 aliphatic carbocycles. The lowest BCUT2D eigenvalue weighted by atomic mass is 10.4. The van der Waals surface area contributed by atoms with Crippen molar-refractivity contribution in [1.82, 2.24) is 30.0 Å². The number of aromatic amines is 1. The molecule has 0 aliphatic heterocycles. The normalized spacial score (nSPS) is 11.2. The molecule has 20 heavy (non-hydrogen) atoms. The number of rotatable bonds is 5. The monoisotopic (exact) mass is 290 g/mol. The molecule has 2 N–H and O–H groups in total. The SMILES string of the molecule is CCn1cnnc1CNCc1nc2ccsc2c(=O)[nH]1. The highest BCUT2D eigenvalue weighted by Gasteiger charge is 2.06. The highest BCUT2D eigenvalue weighted by Crippen LogP contribution is 2.13. The molecule has 104 valence electrons. The quantitative estimate of drug-likeness (QED) is 0.728. The minimum atomic E-state index is -0.0847. The van der Waals surface area contributed by atoms with E-state index in [-0.39, 0.29) is 5.56 Å². The summed E-state index contributed by atoms with van der Waals surface area (Å²) in [6.45, 7) is 3.94. The van der Waals surface area contributed by atoms with Crippen molar-refractivity contribution in [1.29, 1.82) is 0 Å². The Morgan fingerprint density at radius 1 is 1.45 bits per heavy atom. The minimum Gasteiger partial charge on any atom is -0.317 e. The van der Waals surface area contributed by atoms with Gasteiger partial charge in [-0.15, -0.1) is 21.5 Å². The summed E-state index contributed by atoms with van der Waals surface area (Å²) in [7, 11) is 0. The number of hydrogen-bond acceptors (Lipinski definition) is 6. The first-order valence-electron chi connectivity index (χ1n) is 6.31. The number of nitrogens with one attached hydrogen (secondary N) is 2. The number of fused-ring (bicyclic) bond motifs is 1. The molecule has 0 saturated heterocycles. The van der Waals surface area contributed by atoms with Gasteiger partial charge in [-0.05, 0) is 18.4 Å². The van der Waals surface area contributed by atoms with E-state index in [1.807, 2.05) is 22.9 Å². The number of H-pyrrole nitrogens is 1. The number of aryl methyl sites for hydroxylation is 1. The standard InChI is InChI=1S/C12H14N6OS/c1-2-18-7-14-17-10(18)6-13-5-9-15-8-3-4-20-11(8)12(19)16-9/h3-4,7,13H,2,5-6H2,1H3,(H,15,16,19). The van der Waals surface area contributed by atoms with Gasteiger partial charge in [0, 0.05) is 6.54 Å². The fourth-order valence-electron chi connectivity index (χ4n) is 1.98. The van der Waals surface area contributed by atoms with Gasteiger partial charge < -0.3 is 14.9 Å². The molecule has 0 fully saturated rings. The maximum atomic E-state index is 11.8. The van der Waals surface area contributed by atoms with Crippen LogP contribution in [0, 0.1) is 0 Å². The lowest BCUT2D eigenvalue weighted by molar-refractivity contribution is 0.599. The third-order valence-corrected chi connectivity index (χ3v) is 3.88. The first-order chi connectivity index (χ1) is 9.78. The highest BCUT2D eigenvalue weighted by molar-refractivity contribution is 7.17. The van der Waals surface area contributed by atoms with E-state index in [4.69, 9.17) is 0 Å². The first-order valence-corrected chi connectivity index (χ1v) is 7.19. The molecule has 0 bridgehead atoms. The molecular weight excluding hydrogens is 276 g/mol. The highest BCUT2D eigenvalue weighted by atomic mass is 32.1. The summed E-state index contributed by atoms with van der Waals surface area (Å²) in [5.41, 5.74) is 0.658. The molecule has 0 unspecified atom stereocenters. The second-order valence-corrected chi connectivity index (χ2v) is 5.20. The van der Waals surface area contributed by atoms with Gasteiger partial charge in [0.05, 0.1) is 18.6 Å². The Morgan fingerprint density at radius 3 is 3.20 bits per heavy atom. The largest absolute Gasteiger partial charge is 0.317 e. The summed E-state index contributed by atoms with van der Waals surface area (Å²) in [5.74, 6) is 1.50. The van der Waals surface area contributed by atoms with Crippen molar-refractivity contribution in [2.24, 2.45) is 0 Å². The van der Waals surface area contributed by atoms with Crippen LogP contribution in [0.2, 0.25) is 0 Å². The summed E-state index contributed by atoms with van der Waals surface area (Å²) < 4.78 is 2.63. The lowest BCUT2D eigenvalue weighted by Crippen LogP contribution is -2.20. The number of aromatic nitrogens is 5. The molecule has 3 heterocycles. The van der Waals surface area contributed by atoms with Gasteiger partial charge in [0.25, 0.3) is 5.56 Å². The van der Waals surface area contributed by atoms with Crippen LogP contribution in [0.5, 0.6) is 0 Å². The number of thiophene rings is 1. The fourth-order valence-corrected chi connectivity index (χ4v) is 2.70. The topological polar surface area (TPSA) is 88.5 Å². The smallest absolute Gasteiger partial charge is 0.268 e. The van der Waals surface area contributed by atoms with Crippen molar-refractivity contribution < 1.29 is 0 Å². The predicted molar refractivity (Wildman–Crippen MR) is 76.5 cm³/mol. The van der Waals surface area contributed by atoms with Gasteiger partial charge in [-0.3, -0.25) is 4.79 Å². The van der Waals surface area contributed by atoms with Crippen LogP contribution in [0.4, 0.5) is 0 Å². The minimum absolute atomic E-state index is 0.0847. The zero-order chi connectivity index (χ0) is 13.9. The zero-order valence-corrected chi connectivity index (χ0v) is 11.8. The maximum Gasteiger partial charge on any atom is 0.268 e. The van der Waals surface area contributed by atoms with E-state index in [1.165, 1.54) is 11.3 Å². The molecule has 3 rings (SSSR count). The molecular formula is C12H14N6OS. The Hall–Kier alpha value is -2.06. The van der Waals surface area contributed by atoms with E-state index < -0.39 is 0 Å². The van der Waals surface area contributed by atoms with Gasteiger partial charge >= 0.3 is 0 Å². The van der Waals surface area contributed by atoms with Crippen molar-refractivity contribution >= 4 is 21.6 Å². The van der Waals surface area contributed by atoms with Crippen LogP contribution in [0.1, 0.15) is 18.6 Å². The van der Waals surface area contributed by atoms with Crippen LogP contribution in [-0.4, -0.2) is 24.7 Å². The summed E-state index contributed by atoms with van der Waals surface area (Å²) in [4.78, 5) is 19.0. The van der Waals surface area contributed by atoms with Gasteiger partial charge in [-0.25, -0.2) is 4.98 Å². The Bertz CT molecular complexity index is 773. The summed E-state index contributed by atoms with van der Waals surface area (Å²) in [6, 6.07) is 1.85. The van der Waals surface area contributed by atoms with E-state index in [9.17, 15) is 4.79 Å². The molecule has 3 aromatic heterocycles. The van der Waals surface area contributed by atoms with E-state index >= 15 is 0 Å².